The van der Waals surface area contributed by atoms with Crippen LogP contribution in [0.3, 0.4) is 0 Å². The Morgan fingerprint density at radius 3 is 2.51 bits per heavy atom. The summed E-state index contributed by atoms with van der Waals surface area (Å²) in [5.41, 5.74) is 0.805. The molecule has 1 spiro atoms. The second-order valence-corrected chi connectivity index (χ2v) is 11.3. The van der Waals surface area contributed by atoms with E-state index in [1.54, 1.807) is 10.4 Å². The summed E-state index contributed by atoms with van der Waals surface area (Å²) in [6.07, 6.45) is 3.36. The van der Waals surface area contributed by atoms with Crippen LogP contribution in [0.1, 0.15) is 30.4 Å². The lowest BCUT2D eigenvalue weighted by molar-refractivity contribution is 0.109. The van der Waals surface area contributed by atoms with Crippen molar-refractivity contribution in [1.82, 2.24) is 14.2 Å². The third kappa shape index (κ3) is 4.61. The Bertz CT molecular complexity index is 1270. The second-order valence-electron chi connectivity index (χ2n) is 9.41. The van der Waals surface area contributed by atoms with Gasteiger partial charge in [0, 0.05) is 25.8 Å². The first kappa shape index (κ1) is 23.7. The van der Waals surface area contributed by atoms with Gasteiger partial charge < -0.3 is 4.74 Å². The third-order valence-corrected chi connectivity index (χ3v) is 9.10. The summed E-state index contributed by atoms with van der Waals surface area (Å²) in [7, 11) is -3.69. The van der Waals surface area contributed by atoms with Crippen LogP contribution in [0.25, 0.3) is 0 Å². The number of sulfonamides is 1. The van der Waals surface area contributed by atoms with Gasteiger partial charge in [-0.1, -0.05) is 6.07 Å². The molecule has 1 amide bonds. The quantitative estimate of drug-likeness (QED) is 0.623. The van der Waals surface area contributed by atoms with E-state index in [2.05, 4.69) is 9.88 Å². The molecule has 3 aliphatic heterocycles. The van der Waals surface area contributed by atoms with Gasteiger partial charge in [0.05, 0.1) is 12.1 Å². The molecule has 0 N–H and O–H groups in total. The summed E-state index contributed by atoms with van der Waals surface area (Å²) in [5, 5.41) is 8.90. The zero-order valence-corrected chi connectivity index (χ0v) is 20.0. The van der Waals surface area contributed by atoms with Gasteiger partial charge in [-0.2, -0.15) is 9.57 Å². The summed E-state index contributed by atoms with van der Waals surface area (Å²) < 4.78 is 46.9. The molecular formula is C24H26FN5O4S. The van der Waals surface area contributed by atoms with Crippen molar-refractivity contribution in [3.8, 4) is 6.07 Å². The molecule has 3 aliphatic rings. The number of aromatic nitrogens is 1. The third-order valence-electron chi connectivity index (χ3n) is 7.28. The number of nitrogens with zero attached hydrogens (tertiary/aromatic N) is 5. The first-order chi connectivity index (χ1) is 16.8. The van der Waals surface area contributed by atoms with Crippen LogP contribution in [-0.2, 0) is 21.3 Å². The smallest absolute Gasteiger partial charge is 0.415 e. The average molecular weight is 500 g/mol. The Kier molecular flexibility index (Phi) is 6.21. The van der Waals surface area contributed by atoms with Crippen molar-refractivity contribution in [1.29, 1.82) is 5.26 Å². The van der Waals surface area contributed by atoms with Gasteiger partial charge in [0.2, 0.25) is 10.0 Å². The number of nitriles is 1. The Morgan fingerprint density at radius 2 is 1.89 bits per heavy atom. The lowest BCUT2D eigenvalue weighted by Gasteiger charge is -2.39. The van der Waals surface area contributed by atoms with Crippen LogP contribution in [0, 0.1) is 22.6 Å². The molecule has 11 heteroatoms. The molecule has 3 saturated heterocycles. The first-order valence-electron chi connectivity index (χ1n) is 11.6. The number of ether oxygens (including phenoxy) is 1. The van der Waals surface area contributed by atoms with Crippen molar-refractivity contribution in [3.63, 3.8) is 0 Å². The maximum Gasteiger partial charge on any atom is 0.415 e. The minimum atomic E-state index is -3.69. The monoisotopic (exact) mass is 499 g/mol. The highest BCUT2D eigenvalue weighted by atomic mass is 32.2. The van der Waals surface area contributed by atoms with Crippen LogP contribution in [0.4, 0.5) is 15.0 Å². The maximum atomic E-state index is 13.9. The molecule has 0 bridgehead atoms. The van der Waals surface area contributed by atoms with E-state index in [1.165, 1.54) is 35.4 Å². The number of benzene rings is 1. The number of pyridine rings is 1. The number of rotatable bonds is 5. The van der Waals surface area contributed by atoms with E-state index >= 15 is 0 Å². The lowest BCUT2D eigenvalue weighted by atomic mass is 9.78. The summed E-state index contributed by atoms with van der Waals surface area (Å²) in [6, 6.07) is 9.57. The highest BCUT2D eigenvalue weighted by Crippen LogP contribution is 2.42. The fraction of sp³-hybridized carbons (Fsp3) is 0.458. The highest BCUT2D eigenvalue weighted by molar-refractivity contribution is 7.89. The topological polar surface area (TPSA) is 107 Å². The molecule has 5 rings (SSSR count). The number of cyclic esters (lactones) is 1. The van der Waals surface area contributed by atoms with E-state index < -0.39 is 21.9 Å². The molecular weight excluding hydrogens is 473 g/mol. The van der Waals surface area contributed by atoms with Crippen molar-refractivity contribution in [3.05, 3.63) is 53.5 Å². The fourth-order valence-corrected chi connectivity index (χ4v) is 6.63. The fourth-order valence-electron chi connectivity index (χ4n) is 5.13. The summed E-state index contributed by atoms with van der Waals surface area (Å²) in [4.78, 5) is 19.6. The summed E-state index contributed by atoms with van der Waals surface area (Å²) >= 11 is 0. The molecule has 3 fully saturated rings. The molecule has 0 unspecified atom stereocenters. The summed E-state index contributed by atoms with van der Waals surface area (Å²) in [6.45, 7) is 3.82. The average Bonchev–Trinajstić information content (AvgIpc) is 3.48. The van der Waals surface area contributed by atoms with Gasteiger partial charge in [-0.15, -0.1) is 0 Å². The van der Waals surface area contributed by atoms with Gasteiger partial charge in [-0.25, -0.2) is 22.6 Å². The van der Waals surface area contributed by atoms with Gasteiger partial charge in [-0.05, 0) is 67.6 Å². The van der Waals surface area contributed by atoms with Crippen LogP contribution < -0.4 is 4.90 Å². The van der Waals surface area contributed by atoms with Gasteiger partial charge in [0.1, 0.15) is 29.2 Å². The van der Waals surface area contributed by atoms with Crippen LogP contribution in [0.15, 0.2) is 41.4 Å². The largest absolute Gasteiger partial charge is 0.447 e. The molecule has 35 heavy (non-hydrogen) atoms. The van der Waals surface area contributed by atoms with E-state index in [4.69, 9.17) is 10.00 Å². The highest BCUT2D eigenvalue weighted by Gasteiger charge is 2.44. The number of piperidine rings is 1. The number of carbonyl (C=O) groups is 1. The summed E-state index contributed by atoms with van der Waals surface area (Å²) in [5.74, 6) is -0.128. The van der Waals surface area contributed by atoms with E-state index in [-0.39, 0.29) is 22.5 Å². The number of anilines is 1. The normalized spacial score (nSPS) is 20.8. The first-order valence-corrected chi connectivity index (χ1v) is 13.1. The van der Waals surface area contributed by atoms with Gasteiger partial charge in [0.15, 0.2) is 0 Å². The van der Waals surface area contributed by atoms with Crippen LogP contribution >= 0.6 is 0 Å². The molecule has 9 nitrogen and oxygen atoms in total. The Morgan fingerprint density at radius 1 is 1.11 bits per heavy atom. The number of amides is 1. The second kappa shape index (κ2) is 9.18. The Balaban J connectivity index is 1.20. The minimum absolute atomic E-state index is 0.0435. The standard InChI is InChI=1S/C24H26FN5O4S/c25-21-13-18(1-2-19(21)14-26)16-28-8-5-24(6-9-28)7-10-29(17-24)35(32,33)20-3-4-22(27-15-20)30-11-12-34-23(30)31/h1-4,13,15H,5-12,16-17H2. The molecule has 2 aromatic rings. The molecule has 0 radical (unpaired) electrons. The molecule has 1 aromatic heterocycles. The van der Waals surface area contributed by atoms with Gasteiger partial charge in [-0.3, -0.25) is 9.80 Å². The van der Waals surface area contributed by atoms with Gasteiger partial charge >= 0.3 is 6.09 Å². The zero-order chi connectivity index (χ0) is 24.6. The Labute approximate surface area is 203 Å². The van der Waals surface area contributed by atoms with Crippen LogP contribution in [0.2, 0.25) is 0 Å². The van der Waals surface area contributed by atoms with E-state index in [0.717, 1.165) is 37.9 Å². The van der Waals surface area contributed by atoms with Crippen molar-refractivity contribution in [2.24, 2.45) is 5.41 Å². The molecule has 4 heterocycles. The van der Waals surface area contributed by atoms with Crippen LogP contribution in [-0.4, -0.2) is 68.0 Å². The minimum Gasteiger partial charge on any atom is -0.447 e. The number of halogens is 1. The molecule has 184 valence electrons. The number of carbonyl (C=O) groups excluding carboxylic acids is 1. The predicted octanol–water partition coefficient (Wildman–Crippen LogP) is 2.73. The van der Waals surface area contributed by atoms with Crippen molar-refractivity contribution in [2.75, 3.05) is 44.2 Å². The van der Waals surface area contributed by atoms with E-state index in [0.29, 0.717) is 32.0 Å². The maximum absolute atomic E-state index is 13.9. The van der Waals surface area contributed by atoms with Crippen molar-refractivity contribution in [2.45, 2.75) is 30.7 Å². The van der Waals surface area contributed by atoms with Crippen molar-refractivity contribution >= 4 is 21.9 Å². The molecule has 0 saturated carbocycles. The lowest BCUT2D eigenvalue weighted by Crippen LogP contribution is -2.42. The predicted molar refractivity (Wildman–Crippen MR) is 124 cm³/mol. The number of hydrogen-bond donors (Lipinski definition) is 0. The SMILES string of the molecule is N#Cc1ccc(CN2CCC3(CC2)CCN(S(=O)(=O)c2ccc(N4CCOC4=O)nc2)C3)cc1F. The van der Waals surface area contributed by atoms with Crippen LogP contribution in [0.5, 0.6) is 0 Å². The molecule has 0 atom stereocenters. The number of hydrogen-bond acceptors (Lipinski definition) is 7. The number of likely N-dealkylation sites (tertiary alicyclic amines) is 1. The van der Waals surface area contributed by atoms with Gasteiger partial charge in [0.25, 0.3) is 0 Å². The van der Waals surface area contributed by atoms with E-state index in [1.807, 2.05) is 6.07 Å². The Hall–Kier alpha value is -3.07. The molecule has 1 aromatic carbocycles. The zero-order valence-electron chi connectivity index (χ0n) is 19.2. The van der Waals surface area contributed by atoms with Crippen molar-refractivity contribution < 1.29 is 22.3 Å². The molecule has 0 aliphatic carbocycles. The van der Waals surface area contributed by atoms with E-state index in [9.17, 15) is 17.6 Å².